The molecule has 1 fully saturated rings. The summed E-state index contributed by atoms with van der Waals surface area (Å²) >= 11 is 1.44. The Hall–Kier alpha value is -1.54. The molecule has 1 aliphatic rings. The molecule has 5 heteroatoms. The van der Waals surface area contributed by atoms with Gasteiger partial charge in [0.2, 0.25) is 0 Å². The Kier molecular flexibility index (Phi) is 3.07. The highest BCUT2D eigenvalue weighted by Crippen LogP contribution is 2.50. The van der Waals surface area contributed by atoms with Crippen LogP contribution in [-0.2, 0) is 5.41 Å². The average molecular weight is 248 g/mol. The number of carbonyl (C=O) groups is 1. The van der Waals surface area contributed by atoms with Crippen molar-refractivity contribution in [2.45, 2.75) is 30.1 Å². The molecule has 0 atom stereocenters. The molecule has 17 heavy (non-hydrogen) atoms. The first kappa shape index (κ1) is 11.9. The van der Waals surface area contributed by atoms with Crippen LogP contribution in [0.15, 0.2) is 17.2 Å². The molecule has 2 rings (SSSR count). The predicted octanol–water partition coefficient (Wildman–Crippen LogP) is 2.45. The van der Waals surface area contributed by atoms with Crippen LogP contribution in [0.1, 0.15) is 35.8 Å². The van der Waals surface area contributed by atoms with Crippen LogP contribution in [0.4, 0.5) is 0 Å². The number of pyridine rings is 1. The number of carboxylic acid groups (broad SMARTS) is 1. The lowest BCUT2D eigenvalue weighted by Gasteiger charge is -2.13. The molecule has 0 amide bonds. The number of carboxylic acids is 1. The molecule has 0 saturated heterocycles. The maximum absolute atomic E-state index is 11.1. The molecule has 0 aromatic carbocycles. The molecular weight excluding hydrogens is 236 g/mol. The minimum Gasteiger partial charge on any atom is -0.476 e. The Bertz CT molecular complexity index is 504. The van der Waals surface area contributed by atoms with E-state index in [0.717, 1.165) is 24.2 Å². The summed E-state index contributed by atoms with van der Waals surface area (Å²) < 4.78 is 0. The van der Waals surface area contributed by atoms with Crippen LogP contribution in [0, 0.1) is 11.3 Å². The number of hydrogen-bond acceptors (Lipinski definition) is 4. The molecule has 0 spiro atoms. The summed E-state index contributed by atoms with van der Waals surface area (Å²) in [5.41, 5.74) is 0.431. The van der Waals surface area contributed by atoms with Crippen molar-refractivity contribution in [3.05, 3.63) is 23.5 Å². The lowest BCUT2D eigenvalue weighted by atomic mass is 9.98. The quantitative estimate of drug-likeness (QED) is 0.828. The van der Waals surface area contributed by atoms with E-state index in [0.29, 0.717) is 4.90 Å². The molecule has 0 bridgehead atoms. The highest BCUT2D eigenvalue weighted by atomic mass is 32.2. The van der Waals surface area contributed by atoms with Gasteiger partial charge < -0.3 is 5.11 Å². The van der Waals surface area contributed by atoms with Crippen molar-refractivity contribution in [2.24, 2.45) is 0 Å². The van der Waals surface area contributed by atoms with E-state index in [1.165, 1.54) is 18.0 Å². The van der Waals surface area contributed by atoms with Crippen LogP contribution in [0.3, 0.4) is 0 Å². The molecule has 1 aliphatic carbocycles. The van der Waals surface area contributed by atoms with Gasteiger partial charge in [-0.1, -0.05) is 6.92 Å². The van der Waals surface area contributed by atoms with E-state index in [-0.39, 0.29) is 5.69 Å². The van der Waals surface area contributed by atoms with Crippen molar-refractivity contribution in [2.75, 3.05) is 5.75 Å². The predicted molar refractivity (Wildman–Crippen MR) is 64.1 cm³/mol. The maximum atomic E-state index is 11.1. The minimum absolute atomic E-state index is 0.0656. The van der Waals surface area contributed by atoms with Gasteiger partial charge in [-0.15, -0.1) is 11.8 Å². The zero-order valence-corrected chi connectivity index (χ0v) is 10.3. The molecule has 0 aliphatic heterocycles. The second-order valence-corrected chi connectivity index (χ2v) is 5.24. The van der Waals surface area contributed by atoms with Gasteiger partial charge in [0.15, 0.2) is 5.69 Å². The number of hydrogen-bond donors (Lipinski definition) is 1. The van der Waals surface area contributed by atoms with Gasteiger partial charge in [0.05, 0.1) is 11.5 Å². The van der Waals surface area contributed by atoms with Crippen molar-refractivity contribution in [1.82, 2.24) is 4.98 Å². The largest absolute Gasteiger partial charge is 0.476 e. The van der Waals surface area contributed by atoms with Crippen LogP contribution in [-0.4, -0.2) is 21.8 Å². The van der Waals surface area contributed by atoms with Crippen molar-refractivity contribution < 1.29 is 9.90 Å². The highest BCUT2D eigenvalue weighted by Gasteiger charge is 2.47. The normalized spacial score (nSPS) is 16.2. The minimum atomic E-state index is -1.03. The van der Waals surface area contributed by atoms with Crippen LogP contribution >= 0.6 is 11.8 Å². The molecule has 1 heterocycles. The average Bonchev–Trinajstić information content (AvgIpc) is 3.10. The second-order valence-electron chi connectivity index (χ2n) is 3.97. The molecule has 88 valence electrons. The molecule has 1 N–H and O–H groups in total. The fraction of sp³-hybridized carbons (Fsp3) is 0.417. The Morgan fingerprint density at radius 3 is 2.88 bits per heavy atom. The fourth-order valence-electron chi connectivity index (χ4n) is 1.83. The fourth-order valence-corrected chi connectivity index (χ4v) is 2.82. The number of aromatic nitrogens is 1. The molecule has 4 nitrogen and oxygen atoms in total. The first-order chi connectivity index (χ1) is 8.14. The van der Waals surface area contributed by atoms with E-state index in [9.17, 15) is 10.1 Å². The number of thioether (sulfide) groups is 1. The third-order valence-electron chi connectivity index (χ3n) is 2.88. The number of nitriles is 1. The number of rotatable bonds is 4. The van der Waals surface area contributed by atoms with Crippen LogP contribution in [0.5, 0.6) is 0 Å². The summed E-state index contributed by atoms with van der Waals surface area (Å²) in [7, 11) is 0. The van der Waals surface area contributed by atoms with Crippen molar-refractivity contribution in [1.29, 1.82) is 5.26 Å². The lowest BCUT2D eigenvalue weighted by Crippen LogP contribution is -2.11. The second kappa shape index (κ2) is 4.38. The summed E-state index contributed by atoms with van der Waals surface area (Å²) in [6.45, 7) is 1.96. The van der Waals surface area contributed by atoms with Crippen LogP contribution in [0.2, 0.25) is 0 Å². The third kappa shape index (κ3) is 2.01. The number of nitrogens with zero attached hydrogens (tertiary/aromatic N) is 2. The third-order valence-corrected chi connectivity index (χ3v) is 3.87. The summed E-state index contributed by atoms with van der Waals surface area (Å²) in [4.78, 5) is 15.7. The van der Waals surface area contributed by atoms with Gasteiger partial charge in [0.1, 0.15) is 0 Å². The number of aromatic carboxylic acids is 1. The summed E-state index contributed by atoms with van der Waals surface area (Å²) in [5, 5.41) is 18.3. The summed E-state index contributed by atoms with van der Waals surface area (Å²) in [5.74, 6) is -0.267. The van der Waals surface area contributed by atoms with E-state index < -0.39 is 11.4 Å². The van der Waals surface area contributed by atoms with Crippen LogP contribution in [0.25, 0.3) is 0 Å². The smallest absolute Gasteiger partial charge is 0.355 e. The molecule has 1 aromatic heterocycles. The molecule has 0 radical (unpaired) electrons. The maximum Gasteiger partial charge on any atom is 0.355 e. The van der Waals surface area contributed by atoms with Crippen molar-refractivity contribution >= 4 is 17.7 Å². The van der Waals surface area contributed by atoms with E-state index in [1.807, 2.05) is 6.92 Å². The highest BCUT2D eigenvalue weighted by molar-refractivity contribution is 7.99. The Balaban J connectivity index is 2.56. The Morgan fingerprint density at radius 2 is 2.41 bits per heavy atom. The van der Waals surface area contributed by atoms with Gasteiger partial charge in [-0.3, -0.25) is 0 Å². The SMILES string of the molecule is CCSc1c(C2(C#N)CC2)ccnc1C(=O)O. The monoisotopic (exact) mass is 248 g/mol. The Morgan fingerprint density at radius 1 is 1.71 bits per heavy atom. The van der Waals surface area contributed by atoms with E-state index in [2.05, 4.69) is 11.1 Å². The zero-order valence-electron chi connectivity index (χ0n) is 9.43. The molecule has 1 aromatic rings. The molecular formula is C12H12N2O2S. The van der Waals surface area contributed by atoms with E-state index in [1.54, 1.807) is 6.07 Å². The first-order valence-electron chi connectivity index (χ1n) is 5.41. The zero-order chi connectivity index (χ0) is 12.5. The van der Waals surface area contributed by atoms with Crippen molar-refractivity contribution in [3.8, 4) is 6.07 Å². The summed E-state index contributed by atoms with van der Waals surface area (Å²) in [6.07, 6.45) is 3.10. The van der Waals surface area contributed by atoms with Crippen molar-refractivity contribution in [3.63, 3.8) is 0 Å². The van der Waals surface area contributed by atoms with Gasteiger partial charge in [-0.25, -0.2) is 9.78 Å². The molecule has 1 saturated carbocycles. The van der Waals surface area contributed by atoms with Gasteiger partial charge >= 0.3 is 5.97 Å². The van der Waals surface area contributed by atoms with E-state index >= 15 is 0 Å². The first-order valence-corrected chi connectivity index (χ1v) is 6.40. The standard InChI is InChI=1S/C12H12N2O2S/c1-2-17-10-8(12(7-13)4-5-12)3-6-14-9(10)11(15)16/h3,6H,2,4-5H2,1H3,(H,15,16). The summed E-state index contributed by atoms with van der Waals surface area (Å²) in [6, 6.07) is 4.08. The Labute approximate surface area is 104 Å². The van der Waals surface area contributed by atoms with Crippen LogP contribution < -0.4 is 0 Å². The van der Waals surface area contributed by atoms with Gasteiger partial charge in [0, 0.05) is 11.1 Å². The molecule has 0 unspecified atom stereocenters. The van der Waals surface area contributed by atoms with Gasteiger partial charge in [0.25, 0.3) is 0 Å². The lowest BCUT2D eigenvalue weighted by molar-refractivity contribution is 0.0686. The van der Waals surface area contributed by atoms with Gasteiger partial charge in [-0.05, 0) is 30.2 Å². The van der Waals surface area contributed by atoms with E-state index in [4.69, 9.17) is 5.11 Å². The topological polar surface area (TPSA) is 74.0 Å². The van der Waals surface area contributed by atoms with Gasteiger partial charge in [-0.2, -0.15) is 5.26 Å².